The largest absolute Gasteiger partial charge is 0.352 e. The number of piperidine rings is 1. The maximum Gasteiger partial charge on any atom is 0.258 e. The van der Waals surface area contributed by atoms with Crippen LogP contribution in [0.25, 0.3) is 11.7 Å². The maximum absolute atomic E-state index is 12.7. The molecule has 0 bridgehead atoms. The molecule has 0 saturated carbocycles. The van der Waals surface area contributed by atoms with E-state index < -0.39 is 0 Å². The molecule has 2 aliphatic rings. The number of thioether (sulfide) groups is 1. The van der Waals surface area contributed by atoms with Gasteiger partial charge in [-0.1, -0.05) is 48.2 Å². The van der Waals surface area contributed by atoms with Gasteiger partial charge in [0.05, 0.1) is 21.8 Å². The summed E-state index contributed by atoms with van der Waals surface area (Å²) in [5.74, 6) is 0.728. The molecule has 0 atom stereocenters. The topological polar surface area (TPSA) is 49.6 Å². The molecule has 2 aliphatic heterocycles. The van der Waals surface area contributed by atoms with E-state index in [9.17, 15) is 4.79 Å². The number of pyridine rings is 1. The van der Waals surface area contributed by atoms with Gasteiger partial charge >= 0.3 is 0 Å². The summed E-state index contributed by atoms with van der Waals surface area (Å²) in [5, 5.41) is 4.18. The lowest BCUT2D eigenvalue weighted by Gasteiger charge is -2.32. The van der Waals surface area contributed by atoms with Crippen LogP contribution in [0, 0.1) is 5.92 Å². The van der Waals surface area contributed by atoms with Crippen LogP contribution in [-0.2, 0) is 11.2 Å². The molecule has 5 rings (SSSR count). The fourth-order valence-electron chi connectivity index (χ4n) is 4.51. The van der Waals surface area contributed by atoms with Crippen molar-refractivity contribution in [1.82, 2.24) is 19.6 Å². The van der Waals surface area contributed by atoms with Crippen LogP contribution in [-0.4, -0.2) is 46.4 Å². The van der Waals surface area contributed by atoms with Crippen molar-refractivity contribution in [2.24, 2.45) is 5.92 Å². The molecule has 3 aromatic rings. The Morgan fingerprint density at radius 1 is 1.10 bits per heavy atom. The first kappa shape index (κ1) is 20.3. The van der Waals surface area contributed by atoms with Crippen molar-refractivity contribution < 1.29 is 4.79 Å². The molecule has 1 aromatic carbocycles. The van der Waals surface area contributed by atoms with E-state index in [4.69, 9.17) is 0 Å². The summed E-state index contributed by atoms with van der Waals surface area (Å²) < 4.78 is 2.09. The Bertz CT molecular complexity index is 1080. The molecule has 31 heavy (non-hydrogen) atoms. The Morgan fingerprint density at radius 3 is 2.77 bits per heavy atom. The van der Waals surface area contributed by atoms with E-state index in [1.54, 1.807) is 0 Å². The lowest BCUT2D eigenvalue weighted by molar-refractivity contribution is -0.116. The predicted molar refractivity (Wildman–Crippen MR) is 126 cm³/mol. The Hall–Kier alpha value is -2.57. The van der Waals surface area contributed by atoms with E-state index in [1.807, 2.05) is 30.5 Å². The van der Waals surface area contributed by atoms with Gasteiger partial charge in [-0.3, -0.25) is 9.20 Å². The zero-order valence-corrected chi connectivity index (χ0v) is 18.5. The standard InChI is InChI=1S/C25H28N4OS/c30-25(22-17-21-18-27-23-7-4-8-24(31-22)29(21)23)26-13-9-20-11-15-28(16-12-20)14-10-19-5-2-1-3-6-19/h1-8,17-18,20H,9-16H2,(H,26,30). The van der Waals surface area contributed by atoms with Gasteiger partial charge in [0.1, 0.15) is 5.65 Å². The van der Waals surface area contributed by atoms with Crippen molar-refractivity contribution in [3.63, 3.8) is 0 Å². The molecular formula is C25H28N4OS. The van der Waals surface area contributed by atoms with Crippen LogP contribution in [0.3, 0.4) is 0 Å². The Kier molecular flexibility index (Phi) is 6.09. The van der Waals surface area contributed by atoms with Crippen molar-refractivity contribution in [2.75, 3.05) is 26.2 Å². The van der Waals surface area contributed by atoms with Crippen LogP contribution in [0.4, 0.5) is 0 Å². The van der Waals surface area contributed by atoms with Gasteiger partial charge in [0, 0.05) is 13.1 Å². The number of nitrogens with one attached hydrogen (secondary N) is 1. The highest BCUT2D eigenvalue weighted by Crippen LogP contribution is 2.34. The smallest absolute Gasteiger partial charge is 0.258 e. The molecule has 0 aliphatic carbocycles. The van der Waals surface area contributed by atoms with Crippen LogP contribution >= 0.6 is 11.8 Å². The number of nitrogens with zero attached hydrogens (tertiary/aromatic N) is 3. The maximum atomic E-state index is 12.7. The molecule has 4 heterocycles. The quantitative estimate of drug-likeness (QED) is 0.607. The number of rotatable bonds is 7. The van der Waals surface area contributed by atoms with Gasteiger partial charge in [-0.2, -0.15) is 0 Å². The Labute approximate surface area is 187 Å². The average molecular weight is 433 g/mol. The van der Waals surface area contributed by atoms with E-state index >= 15 is 0 Å². The molecule has 1 amide bonds. The van der Waals surface area contributed by atoms with Crippen LogP contribution in [0.2, 0.25) is 0 Å². The number of imidazole rings is 1. The Morgan fingerprint density at radius 2 is 1.94 bits per heavy atom. The minimum absolute atomic E-state index is 0.0229. The number of likely N-dealkylation sites (tertiary alicyclic amines) is 1. The zero-order valence-electron chi connectivity index (χ0n) is 17.7. The molecule has 1 saturated heterocycles. The summed E-state index contributed by atoms with van der Waals surface area (Å²) in [6.45, 7) is 4.22. The number of amides is 1. The third-order valence-corrected chi connectivity index (χ3v) is 7.39. The second-order valence-corrected chi connectivity index (χ2v) is 9.48. The van der Waals surface area contributed by atoms with Gasteiger partial charge in [0.2, 0.25) is 0 Å². The van der Waals surface area contributed by atoms with Crippen LogP contribution < -0.4 is 5.32 Å². The molecule has 6 heteroatoms. The van der Waals surface area contributed by atoms with Gasteiger partial charge in [-0.25, -0.2) is 4.98 Å². The summed E-state index contributed by atoms with van der Waals surface area (Å²) in [7, 11) is 0. The van der Waals surface area contributed by atoms with Gasteiger partial charge in [0.15, 0.2) is 0 Å². The van der Waals surface area contributed by atoms with Crippen molar-refractivity contribution in [3.8, 4) is 0 Å². The third kappa shape index (κ3) is 4.70. The highest BCUT2D eigenvalue weighted by Gasteiger charge is 2.21. The molecule has 5 nitrogen and oxygen atoms in total. The first-order valence-corrected chi connectivity index (χ1v) is 12.0. The van der Waals surface area contributed by atoms with E-state index in [0.29, 0.717) is 5.92 Å². The second-order valence-electron chi connectivity index (χ2n) is 8.42. The number of hydrogen-bond acceptors (Lipinski definition) is 4. The fourth-order valence-corrected chi connectivity index (χ4v) is 5.51. The van der Waals surface area contributed by atoms with Gasteiger partial charge < -0.3 is 10.2 Å². The lowest BCUT2D eigenvalue weighted by Crippen LogP contribution is -2.36. The van der Waals surface area contributed by atoms with Crippen molar-refractivity contribution in [2.45, 2.75) is 30.7 Å². The predicted octanol–water partition coefficient (Wildman–Crippen LogP) is 4.24. The third-order valence-electron chi connectivity index (χ3n) is 6.34. The highest BCUT2D eigenvalue weighted by atomic mass is 32.2. The normalized spacial score (nSPS) is 17.0. The van der Waals surface area contributed by atoms with Gasteiger partial charge in [-0.15, -0.1) is 0 Å². The van der Waals surface area contributed by atoms with Crippen LogP contribution in [0.5, 0.6) is 0 Å². The summed E-state index contributed by atoms with van der Waals surface area (Å²) in [4.78, 5) is 20.5. The molecule has 1 N–H and O–H groups in total. The molecule has 0 radical (unpaired) electrons. The number of hydrogen-bond donors (Lipinski definition) is 1. The summed E-state index contributed by atoms with van der Waals surface area (Å²) in [6.07, 6.45) is 8.41. The molecule has 0 spiro atoms. The van der Waals surface area contributed by atoms with E-state index in [1.165, 1.54) is 43.3 Å². The summed E-state index contributed by atoms with van der Waals surface area (Å²) in [6, 6.07) is 16.7. The number of carbonyl (C=O) groups excluding carboxylic acids is 1. The lowest BCUT2D eigenvalue weighted by atomic mass is 9.93. The second kappa shape index (κ2) is 9.28. The van der Waals surface area contributed by atoms with E-state index in [-0.39, 0.29) is 5.91 Å². The summed E-state index contributed by atoms with van der Waals surface area (Å²) >= 11 is 1.52. The zero-order chi connectivity index (χ0) is 21.0. The molecule has 0 unspecified atom stereocenters. The first-order chi connectivity index (χ1) is 15.3. The van der Waals surface area contributed by atoms with E-state index in [2.05, 4.69) is 49.9 Å². The number of benzene rings is 1. The van der Waals surface area contributed by atoms with Crippen molar-refractivity contribution >= 4 is 29.4 Å². The van der Waals surface area contributed by atoms with Gasteiger partial charge in [-0.05, 0) is 68.5 Å². The Balaban J connectivity index is 1.05. The van der Waals surface area contributed by atoms with Gasteiger partial charge in [0.25, 0.3) is 5.91 Å². The molecule has 1 fully saturated rings. The fraction of sp³-hybridized carbons (Fsp3) is 0.360. The van der Waals surface area contributed by atoms with Crippen molar-refractivity contribution in [3.05, 3.63) is 70.9 Å². The molecule has 2 aromatic heterocycles. The number of carbonyl (C=O) groups is 1. The molecular weight excluding hydrogens is 404 g/mol. The number of aromatic nitrogens is 2. The molecule has 160 valence electrons. The van der Waals surface area contributed by atoms with Crippen LogP contribution in [0.1, 0.15) is 30.5 Å². The minimum Gasteiger partial charge on any atom is -0.352 e. The highest BCUT2D eigenvalue weighted by molar-refractivity contribution is 8.04. The minimum atomic E-state index is 0.0229. The monoisotopic (exact) mass is 432 g/mol. The summed E-state index contributed by atoms with van der Waals surface area (Å²) in [5.41, 5.74) is 3.31. The van der Waals surface area contributed by atoms with Crippen molar-refractivity contribution in [1.29, 1.82) is 0 Å². The van der Waals surface area contributed by atoms with E-state index in [0.717, 1.165) is 47.2 Å². The first-order valence-electron chi connectivity index (χ1n) is 11.2. The average Bonchev–Trinajstić information content (AvgIpc) is 3.24. The van der Waals surface area contributed by atoms with Crippen LogP contribution in [0.15, 0.2) is 64.7 Å². The SMILES string of the molecule is O=C(NCCC1CCN(CCc2ccccc2)CC1)C1=Cc2cnc3cccc(n23)S1.